The molecule has 0 saturated carbocycles. The van der Waals surface area contributed by atoms with Crippen molar-refractivity contribution < 1.29 is 19.4 Å². The van der Waals surface area contributed by atoms with Crippen LogP contribution in [0.15, 0.2) is 29.4 Å². The molecule has 124 valence electrons. The van der Waals surface area contributed by atoms with Crippen LogP contribution in [0.5, 0.6) is 0 Å². The van der Waals surface area contributed by atoms with E-state index in [0.29, 0.717) is 5.02 Å². The van der Waals surface area contributed by atoms with Crippen molar-refractivity contribution in [3.8, 4) is 0 Å². The zero-order valence-corrected chi connectivity index (χ0v) is 14.2. The van der Waals surface area contributed by atoms with Crippen LogP contribution in [-0.4, -0.2) is 40.5 Å². The van der Waals surface area contributed by atoms with E-state index in [0.717, 1.165) is 5.01 Å². The van der Waals surface area contributed by atoms with Crippen LogP contribution in [0.3, 0.4) is 0 Å². The molecular weight excluding hydrogens is 320 g/mol. The van der Waals surface area contributed by atoms with Gasteiger partial charge in [0, 0.05) is 22.4 Å². The largest absolute Gasteiger partial charge is 0.464 e. The molecule has 1 atom stereocenters. The van der Waals surface area contributed by atoms with Gasteiger partial charge in [-0.05, 0) is 18.2 Å². The molecule has 1 amide bonds. The van der Waals surface area contributed by atoms with Gasteiger partial charge < -0.3 is 9.84 Å². The lowest BCUT2D eigenvalue weighted by Gasteiger charge is -2.41. The first-order chi connectivity index (χ1) is 10.6. The molecule has 0 unspecified atom stereocenters. The van der Waals surface area contributed by atoms with Crippen molar-refractivity contribution in [1.82, 2.24) is 5.01 Å². The number of rotatable bonds is 2. The second kappa shape index (κ2) is 5.94. The lowest BCUT2D eigenvalue weighted by Crippen LogP contribution is -2.55. The third-order valence-corrected chi connectivity index (χ3v) is 4.11. The third-order valence-electron chi connectivity index (χ3n) is 3.87. The van der Waals surface area contributed by atoms with Crippen LogP contribution in [-0.2, 0) is 9.53 Å². The lowest BCUT2D eigenvalue weighted by atomic mass is 9.80. The molecule has 0 spiro atoms. The number of carbonyl (C=O) groups excluding carboxylic acids is 2. The van der Waals surface area contributed by atoms with E-state index in [1.54, 1.807) is 39.0 Å². The number of carbonyl (C=O) groups is 2. The summed E-state index contributed by atoms with van der Waals surface area (Å²) in [4.78, 5) is 24.5. The average molecular weight is 339 g/mol. The van der Waals surface area contributed by atoms with E-state index in [4.69, 9.17) is 11.6 Å². The number of esters is 1. The van der Waals surface area contributed by atoms with Gasteiger partial charge in [-0.25, -0.2) is 4.79 Å². The topological polar surface area (TPSA) is 79.2 Å². The number of ether oxygens (including phenoxy) is 1. The fourth-order valence-corrected chi connectivity index (χ4v) is 2.51. The molecule has 1 heterocycles. The Bertz CT molecular complexity index is 681. The quantitative estimate of drug-likeness (QED) is 0.840. The van der Waals surface area contributed by atoms with Crippen LogP contribution in [0.25, 0.3) is 0 Å². The van der Waals surface area contributed by atoms with E-state index >= 15 is 0 Å². The smallest absolute Gasteiger partial charge is 0.354 e. The summed E-state index contributed by atoms with van der Waals surface area (Å²) < 4.78 is 4.65. The summed E-state index contributed by atoms with van der Waals surface area (Å²) in [6.45, 7) is 5.29. The Balaban J connectivity index is 2.48. The molecule has 1 aromatic carbocycles. The second-order valence-corrected chi connectivity index (χ2v) is 6.85. The van der Waals surface area contributed by atoms with Crippen molar-refractivity contribution in [1.29, 1.82) is 0 Å². The summed E-state index contributed by atoms with van der Waals surface area (Å²) in [6.07, 6.45) is -0.102. The minimum absolute atomic E-state index is 0.000281. The van der Waals surface area contributed by atoms with E-state index < -0.39 is 23.0 Å². The molecule has 0 aliphatic carbocycles. The SMILES string of the molecule is COC(=O)C1=NN(C(=O)c2cccc(Cl)c2)[C@](O)(C(C)(C)C)C1. The molecule has 0 radical (unpaired) electrons. The zero-order valence-electron chi connectivity index (χ0n) is 13.5. The van der Waals surface area contributed by atoms with Gasteiger partial charge >= 0.3 is 5.97 Å². The van der Waals surface area contributed by atoms with Crippen LogP contribution in [0, 0.1) is 5.41 Å². The van der Waals surface area contributed by atoms with Crippen molar-refractivity contribution in [3.63, 3.8) is 0 Å². The van der Waals surface area contributed by atoms with Gasteiger partial charge in [0.2, 0.25) is 0 Å². The molecule has 1 N–H and O–H groups in total. The van der Waals surface area contributed by atoms with Crippen molar-refractivity contribution >= 4 is 29.2 Å². The maximum Gasteiger partial charge on any atom is 0.354 e. The molecule has 1 aromatic rings. The number of amides is 1. The molecule has 0 fully saturated rings. The molecule has 1 aliphatic rings. The second-order valence-electron chi connectivity index (χ2n) is 6.41. The molecule has 1 aliphatic heterocycles. The van der Waals surface area contributed by atoms with E-state index in [2.05, 4.69) is 9.84 Å². The van der Waals surface area contributed by atoms with E-state index in [1.807, 2.05) is 0 Å². The first-order valence-electron chi connectivity index (χ1n) is 7.08. The maximum atomic E-state index is 12.8. The first kappa shape index (κ1) is 17.4. The van der Waals surface area contributed by atoms with Crippen molar-refractivity contribution in [2.75, 3.05) is 7.11 Å². The summed E-state index contributed by atoms with van der Waals surface area (Å²) in [5.41, 5.74) is -2.11. The zero-order chi connectivity index (χ0) is 17.4. The predicted octanol–water partition coefficient (Wildman–Crippen LogP) is 2.45. The minimum Gasteiger partial charge on any atom is -0.464 e. The maximum absolute atomic E-state index is 12.8. The van der Waals surface area contributed by atoms with Gasteiger partial charge in [-0.15, -0.1) is 0 Å². The highest BCUT2D eigenvalue weighted by Gasteiger charge is 2.54. The third kappa shape index (κ3) is 3.09. The highest BCUT2D eigenvalue weighted by atomic mass is 35.5. The average Bonchev–Trinajstić information content (AvgIpc) is 2.84. The van der Waals surface area contributed by atoms with Gasteiger partial charge in [-0.3, -0.25) is 4.79 Å². The molecule has 0 bridgehead atoms. The molecule has 0 saturated heterocycles. The van der Waals surface area contributed by atoms with Crippen LogP contribution < -0.4 is 0 Å². The Morgan fingerprint density at radius 3 is 2.57 bits per heavy atom. The van der Waals surface area contributed by atoms with E-state index in [9.17, 15) is 14.7 Å². The number of nitrogens with zero attached hydrogens (tertiary/aromatic N) is 2. The molecule has 2 rings (SSSR count). The fourth-order valence-electron chi connectivity index (χ4n) is 2.32. The molecule has 6 nitrogen and oxygen atoms in total. The number of methoxy groups -OCH3 is 1. The monoisotopic (exact) mass is 338 g/mol. The molecular formula is C16H19ClN2O4. The highest BCUT2D eigenvalue weighted by molar-refractivity contribution is 6.37. The van der Waals surface area contributed by atoms with Crippen LogP contribution in [0.4, 0.5) is 0 Å². The lowest BCUT2D eigenvalue weighted by molar-refractivity contribution is -0.144. The summed E-state index contributed by atoms with van der Waals surface area (Å²) in [5, 5.41) is 16.4. The summed E-state index contributed by atoms with van der Waals surface area (Å²) in [5.74, 6) is -1.21. The van der Waals surface area contributed by atoms with Gasteiger partial charge in [-0.2, -0.15) is 10.1 Å². The minimum atomic E-state index is -1.64. The number of hydrazone groups is 1. The Kier molecular flexibility index (Phi) is 4.50. The van der Waals surface area contributed by atoms with Crippen molar-refractivity contribution in [3.05, 3.63) is 34.9 Å². The summed E-state index contributed by atoms with van der Waals surface area (Å²) >= 11 is 5.91. The van der Waals surface area contributed by atoms with Gasteiger partial charge in [0.15, 0.2) is 11.4 Å². The van der Waals surface area contributed by atoms with Gasteiger partial charge in [0.05, 0.1) is 7.11 Å². The Morgan fingerprint density at radius 2 is 2.04 bits per heavy atom. The van der Waals surface area contributed by atoms with E-state index in [-0.39, 0.29) is 17.7 Å². The number of benzene rings is 1. The number of aliphatic hydroxyl groups is 1. The molecule has 0 aromatic heterocycles. The summed E-state index contributed by atoms with van der Waals surface area (Å²) in [7, 11) is 1.22. The number of halogens is 1. The molecule has 7 heteroatoms. The van der Waals surface area contributed by atoms with Gasteiger partial charge in [-0.1, -0.05) is 38.4 Å². The van der Waals surface area contributed by atoms with Gasteiger partial charge in [0.1, 0.15) is 0 Å². The Hall–Kier alpha value is -1.92. The Morgan fingerprint density at radius 1 is 1.39 bits per heavy atom. The van der Waals surface area contributed by atoms with Crippen molar-refractivity contribution in [2.45, 2.75) is 32.9 Å². The van der Waals surface area contributed by atoms with Crippen LogP contribution in [0.2, 0.25) is 5.02 Å². The normalized spacial score (nSPS) is 21.1. The number of hydrogen-bond donors (Lipinski definition) is 1. The Labute approximate surface area is 139 Å². The number of hydrogen-bond acceptors (Lipinski definition) is 5. The predicted molar refractivity (Wildman–Crippen MR) is 86.1 cm³/mol. The van der Waals surface area contributed by atoms with Crippen LogP contribution in [0.1, 0.15) is 37.6 Å². The van der Waals surface area contributed by atoms with Crippen LogP contribution >= 0.6 is 11.6 Å². The van der Waals surface area contributed by atoms with Gasteiger partial charge in [0.25, 0.3) is 5.91 Å². The standard InChI is InChI=1S/C16H19ClN2O4/c1-15(2,3)16(22)9-12(14(21)23-4)18-19(16)13(20)10-6-5-7-11(17)8-10/h5-8,22H,9H2,1-4H3/t16-/m1/s1. The van der Waals surface area contributed by atoms with E-state index in [1.165, 1.54) is 13.2 Å². The van der Waals surface area contributed by atoms with Crippen molar-refractivity contribution in [2.24, 2.45) is 10.5 Å². The highest BCUT2D eigenvalue weighted by Crippen LogP contribution is 2.41. The molecule has 23 heavy (non-hydrogen) atoms. The fraction of sp³-hybridized carbons (Fsp3) is 0.438. The first-order valence-corrected chi connectivity index (χ1v) is 7.46. The summed E-state index contributed by atoms with van der Waals surface area (Å²) in [6, 6.07) is 6.33.